The molecule has 0 radical (unpaired) electrons. The largest absolute Gasteiger partial charge is 0.448 e. The van der Waals surface area contributed by atoms with Crippen molar-refractivity contribution in [2.45, 2.75) is 103 Å². The quantitative estimate of drug-likeness (QED) is 0.606. The van der Waals surface area contributed by atoms with E-state index in [2.05, 4.69) is 30.1 Å². The van der Waals surface area contributed by atoms with Crippen molar-refractivity contribution >= 4 is 32.0 Å². The molecule has 0 spiro atoms. The molecular formula is C23H38N4O5Si. The Kier molecular flexibility index (Phi) is 6.23. The summed E-state index contributed by atoms with van der Waals surface area (Å²) in [6, 6.07) is 0. The number of amides is 2. The van der Waals surface area contributed by atoms with Gasteiger partial charge < -0.3 is 14.8 Å². The fraction of sp³-hybridized carbons (Fsp3) is 0.739. The molecule has 2 heterocycles. The molecule has 10 heteroatoms. The van der Waals surface area contributed by atoms with Gasteiger partial charge in [-0.15, -0.1) is 5.10 Å². The summed E-state index contributed by atoms with van der Waals surface area (Å²) in [4.78, 5) is 40.8. The monoisotopic (exact) mass is 478 g/mol. The van der Waals surface area contributed by atoms with E-state index in [0.717, 1.165) is 19.3 Å². The van der Waals surface area contributed by atoms with Crippen LogP contribution in [0.15, 0.2) is 0 Å². The number of fused-ring (bicyclic) bond motifs is 1. The predicted molar refractivity (Wildman–Crippen MR) is 128 cm³/mol. The van der Waals surface area contributed by atoms with Gasteiger partial charge in [0.15, 0.2) is 5.82 Å². The van der Waals surface area contributed by atoms with Gasteiger partial charge in [-0.25, -0.2) is 9.59 Å². The highest BCUT2D eigenvalue weighted by Crippen LogP contribution is 2.56. The van der Waals surface area contributed by atoms with Crippen molar-refractivity contribution in [3.8, 4) is 0 Å². The first-order valence-corrected chi connectivity index (χ1v) is 15.2. The Morgan fingerprint density at radius 3 is 2.18 bits per heavy atom. The van der Waals surface area contributed by atoms with Crippen LogP contribution in [0.5, 0.6) is 0 Å². The average molecular weight is 479 g/mol. The molecule has 1 aliphatic carbocycles. The first-order valence-electron chi connectivity index (χ1n) is 11.7. The molecule has 0 saturated heterocycles. The highest BCUT2D eigenvalue weighted by molar-refractivity contribution is 6.83. The molecule has 0 aromatic carbocycles. The summed E-state index contributed by atoms with van der Waals surface area (Å²) in [7, 11) is -1.80. The summed E-state index contributed by atoms with van der Waals surface area (Å²) in [5.41, 5.74) is -0.400. The molecule has 9 nitrogen and oxygen atoms in total. The van der Waals surface area contributed by atoms with E-state index in [0.29, 0.717) is 17.1 Å². The molecule has 0 bridgehead atoms. The lowest BCUT2D eigenvalue weighted by atomic mass is 9.83. The Balaban J connectivity index is 2.02. The zero-order chi connectivity index (χ0) is 25.0. The van der Waals surface area contributed by atoms with Crippen molar-refractivity contribution in [2.75, 3.05) is 11.9 Å². The first kappa shape index (κ1) is 25.3. The van der Waals surface area contributed by atoms with Crippen molar-refractivity contribution in [3.63, 3.8) is 0 Å². The van der Waals surface area contributed by atoms with E-state index in [-0.39, 0.29) is 24.1 Å². The van der Waals surface area contributed by atoms with Crippen molar-refractivity contribution in [3.05, 3.63) is 11.3 Å². The number of nitrogens with zero attached hydrogens (tertiary/aromatic N) is 3. The van der Waals surface area contributed by atoms with E-state index in [1.807, 2.05) is 34.6 Å². The second kappa shape index (κ2) is 8.14. The lowest BCUT2D eigenvalue weighted by Crippen LogP contribution is -2.52. The van der Waals surface area contributed by atoms with E-state index >= 15 is 0 Å². The second-order valence-corrected chi connectivity index (χ2v) is 17.0. The highest BCUT2D eigenvalue weighted by Gasteiger charge is 2.54. The topological polar surface area (TPSA) is 103 Å². The molecule has 1 aromatic heterocycles. The standard InChI is InChI=1S/C23H38N4O5Si/c1-10-31-20(30)27-16-15(14-26(22(16,5)6)19(29)32-21(2,3)4)17(25-27)24-18(28)23(12-11-13-23)33(7,8)9/h10-14H2,1-9H3,(H,24,25,28). The Labute approximate surface area is 197 Å². The molecule has 0 unspecified atom stereocenters. The lowest BCUT2D eigenvalue weighted by molar-refractivity contribution is -0.121. The number of carbonyl (C=O) groups excluding carboxylic acids is 3. The van der Waals surface area contributed by atoms with Crippen LogP contribution in [0.25, 0.3) is 0 Å². The van der Waals surface area contributed by atoms with Crippen LogP contribution >= 0.6 is 0 Å². The van der Waals surface area contributed by atoms with Crippen molar-refractivity contribution in [2.24, 2.45) is 0 Å². The van der Waals surface area contributed by atoms with Gasteiger partial charge in [-0.1, -0.05) is 26.1 Å². The molecular weight excluding hydrogens is 440 g/mol. The fourth-order valence-corrected chi connectivity index (χ4v) is 7.41. The zero-order valence-corrected chi connectivity index (χ0v) is 22.4. The Bertz CT molecular complexity index is 967. The molecule has 184 valence electrons. The number of carbonyl (C=O) groups is 3. The molecule has 2 aliphatic rings. The van der Waals surface area contributed by atoms with Gasteiger partial charge in [0, 0.05) is 10.6 Å². The van der Waals surface area contributed by atoms with Crippen LogP contribution in [0.2, 0.25) is 24.7 Å². The lowest BCUT2D eigenvalue weighted by Gasteiger charge is -2.48. The number of anilines is 1. The van der Waals surface area contributed by atoms with Gasteiger partial charge in [-0.2, -0.15) is 4.68 Å². The third-order valence-electron chi connectivity index (χ3n) is 6.92. The van der Waals surface area contributed by atoms with Gasteiger partial charge >= 0.3 is 12.2 Å². The van der Waals surface area contributed by atoms with Crippen LogP contribution in [-0.2, 0) is 26.4 Å². The van der Waals surface area contributed by atoms with Crippen LogP contribution in [0.3, 0.4) is 0 Å². The maximum atomic E-state index is 13.5. The zero-order valence-electron chi connectivity index (χ0n) is 21.4. The Morgan fingerprint density at radius 1 is 1.12 bits per heavy atom. The molecule has 0 atom stereocenters. The minimum atomic E-state index is -1.80. The van der Waals surface area contributed by atoms with Gasteiger partial charge in [0.05, 0.1) is 32.5 Å². The minimum Gasteiger partial charge on any atom is -0.448 e. The molecule has 1 aliphatic heterocycles. The Hall–Kier alpha value is -2.36. The van der Waals surface area contributed by atoms with E-state index in [1.165, 1.54) is 4.68 Å². The molecule has 33 heavy (non-hydrogen) atoms. The molecule has 1 saturated carbocycles. The molecule has 1 N–H and O–H groups in total. The predicted octanol–water partition coefficient (Wildman–Crippen LogP) is 5.07. The van der Waals surface area contributed by atoms with Gasteiger partial charge in [-0.05, 0) is 54.4 Å². The second-order valence-electron chi connectivity index (χ2n) is 11.6. The van der Waals surface area contributed by atoms with Gasteiger partial charge in [0.2, 0.25) is 5.91 Å². The van der Waals surface area contributed by atoms with E-state index in [9.17, 15) is 14.4 Å². The summed E-state index contributed by atoms with van der Waals surface area (Å²) in [5, 5.41) is 7.13. The fourth-order valence-electron chi connectivity index (χ4n) is 4.81. The smallest absolute Gasteiger partial charge is 0.435 e. The van der Waals surface area contributed by atoms with Crippen LogP contribution in [-0.4, -0.2) is 53.1 Å². The van der Waals surface area contributed by atoms with E-state index in [4.69, 9.17) is 9.47 Å². The number of ether oxygens (including phenoxy) is 2. The molecule has 2 amide bonds. The summed E-state index contributed by atoms with van der Waals surface area (Å²) in [5.74, 6) is 0.268. The van der Waals surface area contributed by atoms with Gasteiger partial charge in [0.1, 0.15) is 5.60 Å². The van der Waals surface area contributed by atoms with Crippen molar-refractivity contribution < 1.29 is 23.9 Å². The van der Waals surface area contributed by atoms with Crippen LogP contribution in [0.4, 0.5) is 15.4 Å². The minimum absolute atomic E-state index is 0.0438. The number of nitrogens with one attached hydrogen (secondary N) is 1. The molecule has 1 fully saturated rings. The number of hydrogen-bond acceptors (Lipinski definition) is 6. The summed E-state index contributed by atoms with van der Waals surface area (Å²) < 4.78 is 12.0. The maximum Gasteiger partial charge on any atom is 0.435 e. The van der Waals surface area contributed by atoms with Crippen LogP contribution in [0.1, 0.15) is 72.1 Å². The summed E-state index contributed by atoms with van der Waals surface area (Å²) in [6.45, 7) is 17.8. The van der Waals surface area contributed by atoms with E-state index in [1.54, 1.807) is 11.8 Å². The van der Waals surface area contributed by atoms with E-state index < -0.39 is 31.4 Å². The number of hydrogen-bond donors (Lipinski definition) is 1. The van der Waals surface area contributed by atoms with Crippen LogP contribution < -0.4 is 5.32 Å². The van der Waals surface area contributed by atoms with Gasteiger partial charge in [0.25, 0.3) is 0 Å². The van der Waals surface area contributed by atoms with Gasteiger partial charge in [-0.3, -0.25) is 9.69 Å². The van der Waals surface area contributed by atoms with Crippen molar-refractivity contribution in [1.82, 2.24) is 14.7 Å². The highest BCUT2D eigenvalue weighted by atomic mass is 28.3. The molecule has 1 aromatic rings. The normalized spacial score (nSPS) is 18.9. The number of rotatable bonds is 4. The maximum absolute atomic E-state index is 13.5. The summed E-state index contributed by atoms with van der Waals surface area (Å²) in [6.07, 6.45) is 1.63. The Morgan fingerprint density at radius 2 is 1.73 bits per heavy atom. The molecule has 3 rings (SSSR count). The summed E-state index contributed by atoms with van der Waals surface area (Å²) >= 11 is 0. The SMILES string of the molecule is CCOC(=O)n1nc(NC(=O)C2([Si](C)(C)C)CCC2)c2c1C(C)(C)N(C(=O)OC(C)(C)C)C2. The third kappa shape index (κ3) is 4.29. The number of aromatic nitrogens is 2. The third-order valence-corrected chi connectivity index (χ3v) is 10.5. The average Bonchev–Trinajstić information content (AvgIpc) is 3.07. The van der Waals surface area contributed by atoms with Crippen LogP contribution in [0, 0.1) is 0 Å². The van der Waals surface area contributed by atoms with Crippen molar-refractivity contribution in [1.29, 1.82) is 0 Å². The first-order chi connectivity index (χ1) is 15.0.